The van der Waals surface area contributed by atoms with Crippen molar-refractivity contribution in [2.24, 2.45) is 5.92 Å². The average molecular weight is 375 g/mol. The highest BCUT2D eigenvalue weighted by Gasteiger charge is 2.15. The molecule has 7 nitrogen and oxygen atoms in total. The molecule has 0 radical (unpaired) electrons. The molecular weight excluding hydrogens is 354 g/mol. The van der Waals surface area contributed by atoms with Crippen LogP contribution in [0.2, 0.25) is 0 Å². The van der Waals surface area contributed by atoms with Crippen LogP contribution >= 0.6 is 0 Å². The molecule has 7 heteroatoms. The van der Waals surface area contributed by atoms with E-state index in [0.29, 0.717) is 24.1 Å². The maximum atomic E-state index is 6.05. The van der Waals surface area contributed by atoms with E-state index in [1.54, 1.807) is 12.4 Å². The van der Waals surface area contributed by atoms with Crippen LogP contribution in [0.25, 0.3) is 21.8 Å². The quantitative estimate of drug-likeness (QED) is 0.547. The van der Waals surface area contributed by atoms with E-state index in [-0.39, 0.29) is 0 Å². The second kappa shape index (κ2) is 7.44. The molecule has 0 unspecified atom stereocenters. The van der Waals surface area contributed by atoms with Crippen LogP contribution in [0.3, 0.4) is 0 Å². The molecule has 1 saturated heterocycles. The fraction of sp³-hybridized carbons (Fsp3) is 0.286. The van der Waals surface area contributed by atoms with Crippen molar-refractivity contribution in [3.05, 3.63) is 48.8 Å². The molecule has 1 aromatic carbocycles. The van der Waals surface area contributed by atoms with Gasteiger partial charge < -0.3 is 14.8 Å². The van der Waals surface area contributed by atoms with Crippen LogP contribution in [0.1, 0.15) is 12.8 Å². The number of nitrogens with one attached hydrogen (secondary N) is 2. The molecule has 0 spiro atoms. The maximum absolute atomic E-state index is 6.05. The first-order valence-electron chi connectivity index (χ1n) is 9.52. The van der Waals surface area contributed by atoms with Crippen molar-refractivity contribution >= 4 is 33.3 Å². The highest BCUT2D eigenvalue weighted by Crippen LogP contribution is 2.29. The third-order valence-electron chi connectivity index (χ3n) is 5.12. The van der Waals surface area contributed by atoms with Crippen molar-refractivity contribution < 1.29 is 9.47 Å². The van der Waals surface area contributed by atoms with Gasteiger partial charge in [0.15, 0.2) is 5.65 Å². The largest absolute Gasteiger partial charge is 0.477 e. The lowest BCUT2D eigenvalue weighted by Crippen LogP contribution is -2.21. The van der Waals surface area contributed by atoms with Crippen molar-refractivity contribution in [1.29, 1.82) is 0 Å². The van der Waals surface area contributed by atoms with Gasteiger partial charge in [0.05, 0.1) is 12.0 Å². The second-order valence-electron chi connectivity index (χ2n) is 7.02. The number of hydrogen-bond acceptors (Lipinski definition) is 6. The van der Waals surface area contributed by atoms with Crippen molar-refractivity contribution in [1.82, 2.24) is 20.2 Å². The number of anilines is 2. The molecule has 4 aromatic rings. The molecule has 28 heavy (non-hydrogen) atoms. The fourth-order valence-electron chi connectivity index (χ4n) is 3.54. The summed E-state index contributed by atoms with van der Waals surface area (Å²) in [6.45, 7) is 2.33. The smallest absolute Gasteiger partial charge is 0.221 e. The van der Waals surface area contributed by atoms with Crippen LogP contribution in [0.15, 0.2) is 48.8 Å². The van der Waals surface area contributed by atoms with Crippen LogP contribution in [0, 0.1) is 5.92 Å². The summed E-state index contributed by atoms with van der Waals surface area (Å²) in [5, 5.41) is 13.7. The van der Waals surface area contributed by atoms with Gasteiger partial charge in [0.2, 0.25) is 5.88 Å². The molecular formula is C21H21N5O2. The Morgan fingerprint density at radius 3 is 2.93 bits per heavy atom. The summed E-state index contributed by atoms with van der Waals surface area (Å²) in [7, 11) is 0. The van der Waals surface area contributed by atoms with Crippen LogP contribution in [0.4, 0.5) is 11.5 Å². The lowest BCUT2D eigenvalue weighted by molar-refractivity contribution is 0.0493. The van der Waals surface area contributed by atoms with Gasteiger partial charge in [-0.25, -0.2) is 9.97 Å². The Bertz CT molecular complexity index is 1100. The maximum Gasteiger partial charge on any atom is 0.221 e. The monoisotopic (exact) mass is 375 g/mol. The number of rotatable bonds is 5. The zero-order valence-corrected chi connectivity index (χ0v) is 15.4. The van der Waals surface area contributed by atoms with Crippen LogP contribution in [-0.2, 0) is 4.74 Å². The molecule has 4 heterocycles. The summed E-state index contributed by atoms with van der Waals surface area (Å²) >= 11 is 0. The first-order valence-corrected chi connectivity index (χ1v) is 9.52. The summed E-state index contributed by atoms with van der Waals surface area (Å²) in [4.78, 5) is 8.69. The molecule has 2 N–H and O–H groups in total. The normalized spacial score (nSPS) is 15.1. The van der Waals surface area contributed by atoms with Crippen molar-refractivity contribution in [2.75, 3.05) is 25.1 Å². The first kappa shape index (κ1) is 16.9. The molecule has 5 rings (SSSR count). The summed E-state index contributed by atoms with van der Waals surface area (Å²) in [6.07, 6.45) is 5.62. The van der Waals surface area contributed by atoms with E-state index in [9.17, 15) is 0 Å². The Hall–Kier alpha value is -3.19. The lowest BCUT2D eigenvalue weighted by atomic mass is 10.0. The van der Waals surface area contributed by atoms with Gasteiger partial charge in [-0.1, -0.05) is 0 Å². The second-order valence-corrected chi connectivity index (χ2v) is 7.02. The Morgan fingerprint density at radius 1 is 1.07 bits per heavy atom. The van der Waals surface area contributed by atoms with E-state index in [1.165, 1.54) is 0 Å². The Balaban J connectivity index is 1.37. The van der Waals surface area contributed by atoms with Crippen LogP contribution in [-0.4, -0.2) is 40.0 Å². The zero-order valence-electron chi connectivity index (χ0n) is 15.4. The molecule has 0 bridgehead atoms. The Kier molecular flexibility index (Phi) is 4.50. The van der Waals surface area contributed by atoms with Gasteiger partial charge in [-0.3, -0.25) is 5.10 Å². The van der Waals surface area contributed by atoms with Crippen molar-refractivity contribution in [3.63, 3.8) is 0 Å². The minimum Gasteiger partial charge on any atom is -0.477 e. The predicted octanol–water partition coefficient (Wildman–Crippen LogP) is 4.06. The van der Waals surface area contributed by atoms with Gasteiger partial charge in [-0.05, 0) is 60.5 Å². The number of pyridine rings is 2. The van der Waals surface area contributed by atoms with E-state index in [4.69, 9.17) is 9.47 Å². The minimum atomic E-state index is 0.536. The zero-order chi connectivity index (χ0) is 18.8. The molecule has 0 atom stereocenters. The van der Waals surface area contributed by atoms with E-state index in [1.807, 2.05) is 30.3 Å². The molecule has 0 saturated carbocycles. The molecule has 0 amide bonds. The summed E-state index contributed by atoms with van der Waals surface area (Å²) in [5.41, 5.74) is 1.65. The number of benzene rings is 1. The SMILES string of the molecule is c1cnc2n[nH]c(Nc3ccc4c(OCC5CCOCC5)nccc4c3)c2c1. The van der Waals surface area contributed by atoms with E-state index in [0.717, 1.165) is 53.7 Å². The number of nitrogens with zero attached hydrogens (tertiary/aromatic N) is 3. The van der Waals surface area contributed by atoms with E-state index < -0.39 is 0 Å². The third-order valence-corrected chi connectivity index (χ3v) is 5.12. The average Bonchev–Trinajstić information content (AvgIpc) is 3.16. The number of aromatic nitrogens is 4. The molecule has 1 fully saturated rings. The number of fused-ring (bicyclic) bond motifs is 2. The van der Waals surface area contributed by atoms with E-state index in [2.05, 4.69) is 31.5 Å². The third kappa shape index (κ3) is 3.36. The number of ether oxygens (including phenoxy) is 2. The topological polar surface area (TPSA) is 85.0 Å². The van der Waals surface area contributed by atoms with Crippen molar-refractivity contribution in [2.45, 2.75) is 12.8 Å². The van der Waals surface area contributed by atoms with Crippen LogP contribution < -0.4 is 10.1 Å². The van der Waals surface area contributed by atoms with Gasteiger partial charge in [-0.2, -0.15) is 5.10 Å². The van der Waals surface area contributed by atoms with Crippen LogP contribution in [0.5, 0.6) is 5.88 Å². The Morgan fingerprint density at radius 2 is 2.00 bits per heavy atom. The number of aromatic amines is 1. The van der Waals surface area contributed by atoms with E-state index >= 15 is 0 Å². The lowest BCUT2D eigenvalue weighted by Gasteiger charge is -2.22. The molecule has 1 aliphatic heterocycles. The highest BCUT2D eigenvalue weighted by atomic mass is 16.5. The summed E-state index contributed by atoms with van der Waals surface area (Å²) < 4.78 is 11.5. The van der Waals surface area contributed by atoms with Gasteiger partial charge in [-0.15, -0.1) is 0 Å². The van der Waals surface area contributed by atoms with Gasteiger partial charge >= 0.3 is 0 Å². The summed E-state index contributed by atoms with van der Waals surface area (Å²) in [6, 6.07) is 12.0. The van der Waals surface area contributed by atoms with Gasteiger partial charge in [0.1, 0.15) is 5.82 Å². The van der Waals surface area contributed by atoms with Crippen molar-refractivity contribution in [3.8, 4) is 5.88 Å². The highest BCUT2D eigenvalue weighted by molar-refractivity contribution is 5.92. The number of H-pyrrole nitrogens is 1. The molecule has 0 aliphatic carbocycles. The van der Waals surface area contributed by atoms with Gasteiger partial charge in [0.25, 0.3) is 0 Å². The number of hydrogen-bond donors (Lipinski definition) is 2. The molecule has 3 aromatic heterocycles. The molecule has 142 valence electrons. The van der Waals surface area contributed by atoms with Gasteiger partial charge in [0, 0.05) is 36.7 Å². The fourth-order valence-corrected chi connectivity index (χ4v) is 3.54. The first-order chi connectivity index (χ1) is 13.9. The minimum absolute atomic E-state index is 0.536. The Labute approximate surface area is 162 Å². The predicted molar refractivity (Wildman–Crippen MR) is 108 cm³/mol. The summed E-state index contributed by atoms with van der Waals surface area (Å²) in [5.74, 6) is 2.05. The molecule has 1 aliphatic rings. The standard InChI is InChI=1S/C21H21N5O2/c1-2-18-19(22-8-1)25-26-20(18)24-16-3-4-17-15(12-16)5-9-23-21(17)28-13-14-6-10-27-11-7-14/h1-5,8-9,12,14H,6-7,10-11,13H2,(H2,22,24,25,26).